The van der Waals surface area contributed by atoms with Gasteiger partial charge in [0, 0.05) is 18.8 Å². The lowest BCUT2D eigenvalue weighted by atomic mass is 10.0. The third kappa shape index (κ3) is 9.49. The van der Waals surface area contributed by atoms with E-state index in [9.17, 15) is 23.6 Å². The zero-order chi connectivity index (χ0) is 46.6. The Morgan fingerprint density at radius 1 is 0.606 bits per heavy atom. The van der Waals surface area contributed by atoms with Gasteiger partial charge in [0.2, 0.25) is 11.8 Å². The third-order valence-electron chi connectivity index (χ3n) is 13.4. The summed E-state index contributed by atoms with van der Waals surface area (Å²) in [4.78, 5) is 73.9. The Kier molecular flexibility index (Phi) is 13.8. The van der Waals surface area contributed by atoms with Crippen molar-refractivity contribution in [3.8, 4) is 22.5 Å². The summed E-state index contributed by atoms with van der Waals surface area (Å²) in [6.07, 6.45) is 7.30. The number of benzene rings is 3. The number of nitrogens with zero attached hydrogens (tertiary/aromatic N) is 5. The van der Waals surface area contributed by atoms with Crippen LogP contribution in [0, 0.1) is 17.7 Å². The highest BCUT2D eigenvalue weighted by Crippen LogP contribution is 2.47. The Bertz CT molecular complexity index is 2340. The summed E-state index contributed by atoms with van der Waals surface area (Å²) in [5.41, 5.74) is 6.82. The van der Waals surface area contributed by atoms with Crippen molar-refractivity contribution in [1.82, 2.24) is 40.4 Å². The topological polar surface area (TPSA) is 178 Å². The highest BCUT2D eigenvalue weighted by molar-refractivity contribution is 5.87. The van der Waals surface area contributed by atoms with E-state index in [4.69, 9.17) is 19.4 Å². The molecule has 3 aromatic carbocycles. The molecule has 0 radical (unpaired) electrons. The summed E-state index contributed by atoms with van der Waals surface area (Å²) >= 11 is 0. The Hall–Kier alpha value is -6.71. The average molecular weight is 902 g/mol. The number of carbonyl (C=O) groups excluding carboxylic acids is 4. The molecule has 15 nitrogen and oxygen atoms in total. The van der Waals surface area contributed by atoms with Crippen molar-refractivity contribution in [3.63, 3.8) is 0 Å². The van der Waals surface area contributed by atoms with E-state index in [1.54, 1.807) is 9.80 Å². The number of H-pyrrole nitrogens is 2. The molecule has 5 heterocycles. The van der Waals surface area contributed by atoms with Crippen LogP contribution in [-0.4, -0.2) is 93.1 Å². The van der Waals surface area contributed by atoms with Crippen LogP contribution >= 0.6 is 0 Å². The Labute approximate surface area is 384 Å². The van der Waals surface area contributed by atoms with E-state index in [1.165, 1.54) is 26.4 Å². The second-order valence-corrected chi connectivity index (χ2v) is 18.2. The number of rotatable bonds is 13. The zero-order valence-electron chi connectivity index (χ0n) is 38.4. The fourth-order valence-corrected chi connectivity index (χ4v) is 9.90. The first-order valence-electron chi connectivity index (χ1n) is 23.0. The number of methoxy groups -OCH3 is 2. The number of alkyl carbamates (subject to hydrolysis) is 2. The highest BCUT2D eigenvalue weighted by Gasteiger charge is 2.40. The molecule has 0 saturated carbocycles. The van der Waals surface area contributed by atoms with Gasteiger partial charge in [0.05, 0.1) is 62.2 Å². The molecule has 6 atom stereocenters. The molecule has 348 valence electrons. The molecule has 0 spiro atoms. The molecule has 66 heavy (non-hydrogen) atoms. The minimum absolute atomic E-state index is 0.0300. The summed E-state index contributed by atoms with van der Waals surface area (Å²) in [5, 5.41) is 5.41. The summed E-state index contributed by atoms with van der Waals surface area (Å²) in [7, 11) is 2.57. The molecular formula is C50H60FN9O6. The second-order valence-electron chi connectivity index (χ2n) is 18.2. The van der Waals surface area contributed by atoms with Crippen molar-refractivity contribution in [2.24, 2.45) is 11.8 Å². The minimum Gasteiger partial charge on any atom is -0.453 e. The van der Waals surface area contributed by atoms with E-state index < -0.39 is 24.3 Å². The summed E-state index contributed by atoms with van der Waals surface area (Å²) in [6.45, 7) is 8.74. The molecule has 5 aromatic rings. The number of imidazole rings is 2. The summed E-state index contributed by atoms with van der Waals surface area (Å²) in [6, 6.07) is 21.8. The number of likely N-dealkylation sites (tertiary alicyclic amines) is 2. The van der Waals surface area contributed by atoms with E-state index in [2.05, 4.69) is 74.0 Å². The molecule has 3 aliphatic rings. The molecule has 8 rings (SSSR count). The van der Waals surface area contributed by atoms with Crippen molar-refractivity contribution in [2.75, 3.05) is 32.2 Å². The number of anilines is 1. The predicted octanol–water partition coefficient (Wildman–Crippen LogP) is 8.78. The smallest absolute Gasteiger partial charge is 0.407 e. The lowest BCUT2D eigenvalue weighted by Gasteiger charge is -2.33. The number of halogens is 1. The fourth-order valence-electron chi connectivity index (χ4n) is 9.90. The van der Waals surface area contributed by atoms with Gasteiger partial charge in [-0.25, -0.2) is 23.9 Å². The number of nitrogens with one attached hydrogen (secondary N) is 4. The van der Waals surface area contributed by atoms with Crippen molar-refractivity contribution in [1.29, 1.82) is 0 Å². The van der Waals surface area contributed by atoms with Crippen molar-refractivity contribution in [3.05, 3.63) is 114 Å². The van der Waals surface area contributed by atoms with Gasteiger partial charge in [-0.2, -0.15) is 0 Å². The molecular weight excluding hydrogens is 842 g/mol. The molecule has 3 fully saturated rings. The van der Waals surface area contributed by atoms with Crippen LogP contribution in [0.4, 0.5) is 19.7 Å². The molecule has 2 aromatic heterocycles. The summed E-state index contributed by atoms with van der Waals surface area (Å²) in [5.74, 6) is 0.569. The lowest BCUT2D eigenvalue weighted by Crippen LogP contribution is -2.51. The maximum Gasteiger partial charge on any atom is 0.407 e. The maximum atomic E-state index is 14.3. The Morgan fingerprint density at radius 3 is 1.39 bits per heavy atom. The average Bonchev–Trinajstić information content (AvgIpc) is 4.19. The molecule has 4 amide bonds. The fraction of sp³-hybridized carbons (Fsp3) is 0.440. The molecule has 0 unspecified atom stereocenters. The first-order chi connectivity index (χ1) is 31.8. The largest absolute Gasteiger partial charge is 0.453 e. The number of ether oxygens (including phenoxy) is 2. The number of aromatic amines is 2. The number of hydrogen-bond acceptors (Lipinski definition) is 9. The van der Waals surface area contributed by atoms with Crippen LogP contribution in [0.25, 0.3) is 22.5 Å². The SMILES string of the molecule is COC(=O)N[C@H](C(=O)N1CCC[C@H]1c1ncc(-c2ccc([C@H]3CC[C@@H](c4ccc(-c5cnc([C@@H]6CCCN6C(=O)[C@@H](NC(=O)OC)C(C)C)[nH]5)cc4)N3c3ccc(F)cc3)cc2)[nH]1)C(C)C. The second kappa shape index (κ2) is 19.8. The zero-order valence-corrected chi connectivity index (χ0v) is 38.4. The van der Waals surface area contributed by atoms with E-state index in [-0.39, 0.29) is 53.6 Å². The standard InChI is InChI=1S/C50H60FN9O6/c1-29(2)43(56-49(63)65-5)47(61)58-25-7-9-41(58)45-52-27-37(54-45)31-11-15-33(16-12-31)39-23-24-40(60(39)36-21-19-35(51)20-22-36)34-17-13-32(14-18-34)38-28-53-46(55-38)42-10-8-26-59(42)48(62)44(30(3)4)57-50(64)66-6/h11-22,27-30,39-44H,7-10,23-26H2,1-6H3,(H,52,54)(H,53,55)(H,56,63)(H,57,64)/t39-,40+,41-,42-,43-,44-/m0/s1. The van der Waals surface area contributed by atoms with Gasteiger partial charge < -0.3 is 44.8 Å². The Morgan fingerprint density at radius 2 is 1.02 bits per heavy atom. The molecule has 4 N–H and O–H groups in total. The van der Waals surface area contributed by atoms with Crippen molar-refractivity contribution in [2.45, 2.75) is 102 Å². The van der Waals surface area contributed by atoms with Crippen molar-refractivity contribution >= 4 is 29.7 Å². The van der Waals surface area contributed by atoms with Gasteiger partial charge in [0.25, 0.3) is 0 Å². The first kappa shape index (κ1) is 45.8. The van der Waals surface area contributed by atoms with E-state index in [1.807, 2.05) is 52.2 Å². The monoisotopic (exact) mass is 901 g/mol. The van der Waals surface area contributed by atoms with Crippen LogP contribution in [0.15, 0.2) is 85.2 Å². The molecule has 16 heteroatoms. The van der Waals surface area contributed by atoms with Crippen LogP contribution < -0.4 is 15.5 Å². The van der Waals surface area contributed by atoms with Gasteiger partial charge in [0.15, 0.2) is 0 Å². The van der Waals surface area contributed by atoms with Gasteiger partial charge in [-0.1, -0.05) is 76.2 Å². The number of hydrogen-bond donors (Lipinski definition) is 4. The predicted molar refractivity (Wildman–Crippen MR) is 247 cm³/mol. The quantitative estimate of drug-likeness (QED) is 0.0900. The van der Waals surface area contributed by atoms with Gasteiger partial charge in [0.1, 0.15) is 29.5 Å². The van der Waals surface area contributed by atoms with Gasteiger partial charge in [-0.05, 0) is 96.9 Å². The molecule has 3 aliphatic heterocycles. The molecule has 3 saturated heterocycles. The normalized spacial score (nSPS) is 20.5. The Balaban J connectivity index is 0.975. The van der Waals surface area contributed by atoms with Crippen LogP contribution in [-0.2, 0) is 19.1 Å². The first-order valence-corrected chi connectivity index (χ1v) is 23.0. The van der Waals surface area contributed by atoms with Gasteiger partial charge >= 0.3 is 12.2 Å². The molecule has 0 aliphatic carbocycles. The number of carbonyl (C=O) groups is 4. The van der Waals surface area contributed by atoms with Crippen LogP contribution in [0.5, 0.6) is 0 Å². The molecule has 0 bridgehead atoms. The lowest BCUT2D eigenvalue weighted by molar-refractivity contribution is -0.136. The highest BCUT2D eigenvalue weighted by atomic mass is 19.1. The number of amides is 4. The van der Waals surface area contributed by atoms with Crippen LogP contribution in [0.3, 0.4) is 0 Å². The van der Waals surface area contributed by atoms with E-state index in [0.717, 1.165) is 77.9 Å². The van der Waals surface area contributed by atoms with Crippen LogP contribution in [0.2, 0.25) is 0 Å². The van der Waals surface area contributed by atoms with E-state index in [0.29, 0.717) is 24.7 Å². The summed E-state index contributed by atoms with van der Waals surface area (Å²) < 4.78 is 23.9. The minimum atomic E-state index is -0.710. The van der Waals surface area contributed by atoms with Gasteiger partial charge in [-0.15, -0.1) is 0 Å². The third-order valence-corrected chi connectivity index (χ3v) is 13.4. The number of aromatic nitrogens is 4. The van der Waals surface area contributed by atoms with E-state index >= 15 is 0 Å². The van der Waals surface area contributed by atoms with Gasteiger partial charge in [-0.3, -0.25) is 9.59 Å². The maximum absolute atomic E-state index is 14.3. The van der Waals surface area contributed by atoms with Crippen LogP contribution in [0.1, 0.15) is 113 Å². The van der Waals surface area contributed by atoms with Crippen molar-refractivity contribution < 1.29 is 33.0 Å².